The van der Waals surface area contributed by atoms with Crippen LogP contribution in [0.15, 0.2) is 54.6 Å². The van der Waals surface area contributed by atoms with Crippen LogP contribution in [0.3, 0.4) is 0 Å². The van der Waals surface area contributed by atoms with Gasteiger partial charge in [0.1, 0.15) is 0 Å². The minimum Gasteiger partial charge on any atom is -0.358 e. The number of aryl methyl sites for hydroxylation is 1. The summed E-state index contributed by atoms with van der Waals surface area (Å²) in [5.74, 6) is 0. The molecule has 1 atom stereocenters. The van der Waals surface area contributed by atoms with Crippen molar-refractivity contribution in [3.05, 3.63) is 71.4 Å². The third-order valence-corrected chi connectivity index (χ3v) is 6.38. The van der Waals surface area contributed by atoms with Gasteiger partial charge < -0.3 is 15.6 Å². The maximum atomic E-state index is 12.4. The van der Waals surface area contributed by atoms with Gasteiger partial charge in [-0.15, -0.1) is 0 Å². The molecule has 0 radical (unpaired) electrons. The molecule has 1 aromatic heterocycles. The van der Waals surface area contributed by atoms with Crippen LogP contribution in [0.4, 0.5) is 4.79 Å². The highest BCUT2D eigenvalue weighted by Crippen LogP contribution is 2.24. The molecule has 1 aliphatic heterocycles. The highest BCUT2D eigenvalue weighted by molar-refractivity contribution is 5.84. The van der Waals surface area contributed by atoms with E-state index in [0.717, 1.165) is 37.9 Å². The Morgan fingerprint density at radius 1 is 1.10 bits per heavy atom. The second-order valence-corrected chi connectivity index (χ2v) is 8.32. The van der Waals surface area contributed by atoms with Gasteiger partial charge in [0.2, 0.25) is 0 Å². The lowest BCUT2D eigenvalue weighted by atomic mass is 10.0. The summed E-state index contributed by atoms with van der Waals surface area (Å²) in [6.45, 7) is 7.02. The monoisotopic (exact) mass is 404 g/mol. The van der Waals surface area contributed by atoms with Gasteiger partial charge in [-0.05, 0) is 50.3 Å². The molecule has 0 aliphatic carbocycles. The maximum absolute atomic E-state index is 12.4. The molecule has 3 aromatic rings. The zero-order valence-electron chi connectivity index (χ0n) is 17.9. The number of aromatic amines is 1. The van der Waals surface area contributed by atoms with Crippen molar-refractivity contribution in [2.75, 3.05) is 19.6 Å². The number of likely N-dealkylation sites (tertiary alicyclic amines) is 1. The quantitative estimate of drug-likeness (QED) is 0.565. The number of para-hydroxylation sites is 1. The largest absolute Gasteiger partial charge is 0.358 e. The van der Waals surface area contributed by atoms with Crippen molar-refractivity contribution in [3.8, 4) is 0 Å². The predicted octanol–water partition coefficient (Wildman–Crippen LogP) is 4.54. The molecule has 2 aromatic carbocycles. The smallest absolute Gasteiger partial charge is 0.315 e. The van der Waals surface area contributed by atoms with E-state index in [2.05, 4.69) is 82.9 Å². The lowest BCUT2D eigenvalue weighted by Gasteiger charge is -2.36. The highest BCUT2D eigenvalue weighted by atomic mass is 16.2. The molecule has 1 unspecified atom stereocenters. The zero-order chi connectivity index (χ0) is 20.9. The summed E-state index contributed by atoms with van der Waals surface area (Å²) in [7, 11) is 0. The second-order valence-electron chi connectivity index (χ2n) is 8.32. The number of fused-ring (bicyclic) bond motifs is 1. The Kier molecular flexibility index (Phi) is 6.38. The minimum atomic E-state index is -0.0537. The Morgan fingerprint density at radius 2 is 1.80 bits per heavy atom. The maximum Gasteiger partial charge on any atom is 0.315 e. The van der Waals surface area contributed by atoms with E-state index in [4.69, 9.17) is 0 Å². The van der Waals surface area contributed by atoms with Crippen molar-refractivity contribution in [2.24, 2.45) is 0 Å². The SMILES string of the molecule is Cc1[nH]c2ccccc2c1CCNC(=O)NC1CCN(C(C)c2ccccc2)CC1. The number of benzene rings is 2. The lowest BCUT2D eigenvalue weighted by molar-refractivity contribution is 0.153. The number of piperidine rings is 1. The molecule has 158 valence electrons. The van der Waals surface area contributed by atoms with E-state index in [0.29, 0.717) is 12.6 Å². The van der Waals surface area contributed by atoms with Gasteiger partial charge in [-0.25, -0.2) is 4.79 Å². The Bertz CT molecular complexity index is 973. The van der Waals surface area contributed by atoms with Crippen molar-refractivity contribution < 1.29 is 4.79 Å². The van der Waals surface area contributed by atoms with Crippen LogP contribution in [0.5, 0.6) is 0 Å². The molecule has 2 amide bonds. The van der Waals surface area contributed by atoms with E-state index in [1.54, 1.807) is 0 Å². The van der Waals surface area contributed by atoms with E-state index < -0.39 is 0 Å². The van der Waals surface area contributed by atoms with Crippen LogP contribution in [-0.2, 0) is 6.42 Å². The molecule has 3 N–H and O–H groups in total. The Morgan fingerprint density at radius 3 is 2.57 bits per heavy atom. The molecule has 2 heterocycles. The van der Waals surface area contributed by atoms with Crippen LogP contribution in [0.25, 0.3) is 10.9 Å². The van der Waals surface area contributed by atoms with Gasteiger partial charge in [-0.1, -0.05) is 48.5 Å². The molecule has 5 nitrogen and oxygen atoms in total. The molecule has 30 heavy (non-hydrogen) atoms. The fourth-order valence-electron chi connectivity index (χ4n) is 4.57. The van der Waals surface area contributed by atoms with Gasteiger partial charge in [-0.3, -0.25) is 4.90 Å². The summed E-state index contributed by atoms with van der Waals surface area (Å²) in [4.78, 5) is 18.3. The fourth-order valence-corrected chi connectivity index (χ4v) is 4.57. The Balaban J connectivity index is 1.21. The number of rotatable bonds is 6. The standard InChI is InChI=1S/C25H32N4O/c1-18-22(23-10-6-7-11-24(23)27-18)12-15-26-25(30)28-21-13-16-29(17-14-21)19(2)20-8-4-3-5-9-20/h3-11,19,21,27H,12-17H2,1-2H3,(H2,26,28,30). The van der Waals surface area contributed by atoms with Gasteiger partial charge >= 0.3 is 6.03 Å². The van der Waals surface area contributed by atoms with E-state index in [-0.39, 0.29) is 12.1 Å². The summed E-state index contributed by atoms with van der Waals surface area (Å²) < 4.78 is 0. The normalized spacial score (nSPS) is 16.5. The third kappa shape index (κ3) is 4.68. The van der Waals surface area contributed by atoms with E-state index in [1.165, 1.54) is 22.2 Å². The van der Waals surface area contributed by atoms with E-state index in [1.807, 2.05) is 6.07 Å². The van der Waals surface area contributed by atoms with Gasteiger partial charge in [0.25, 0.3) is 0 Å². The first-order chi connectivity index (χ1) is 14.6. The predicted molar refractivity (Wildman–Crippen MR) is 123 cm³/mol. The van der Waals surface area contributed by atoms with Crippen LogP contribution in [-0.4, -0.2) is 41.6 Å². The van der Waals surface area contributed by atoms with E-state index >= 15 is 0 Å². The molecule has 4 rings (SSSR count). The topological polar surface area (TPSA) is 60.2 Å². The molecular weight excluding hydrogens is 372 g/mol. The molecule has 0 bridgehead atoms. The number of amides is 2. The Hall–Kier alpha value is -2.79. The number of carbonyl (C=O) groups is 1. The molecular formula is C25H32N4O. The molecule has 1 aliphatic rings. The van der Waals surface area contributed by atoms with Crippen LogP contribution >= 0.6 is 0 Å². The lowest BCUT2D eigenvalue weighted by Crippen LogP contribution is -2.48. The van der Waals surface area contributed by atoms with Crippen molar-refractivity contribution in [1.82, 2.24) is 20.5 Å². The van der Waals surface area contributed by atoms with Crippen molar-refractivity contribution in [3.63, 3.8) is 0 Å². The van der Waals surface area contributed by atoms with Crippen molar-refractivity contribution in [1.29, 1.82) is 0 Å². The molecule has 1 fully saturated rings. The third-order valence-electron chi connectivity index (χ3n) is 6.38. The van der Waals surface area contributed by atoms with Crippen LogP contribution in [0.2, 0.25) is 0 Å². The molecule has 1 saturated heterocycles. The molecule has 0 spiro atoms. The van der Waals surface area contributed by atoms with Crippen LogP contribution in [0.1, 0.15) is 42.6 Å². The number of nitrogens with one attached hydrogen (secondary N) is 3. The number of H-pyrrole nitrogens is 1. The van der Waals surface area contributed by atoms with Crippen LogP contribution < -0.4 is 10.6 Å². The average molecular weight is 405 g/mol. The molecule has 5 heteroatoms. The van der Waals surface area contributed by atoms with Gasteiger partial charge in [0.15, 0.2) is 0 Å². The number of nitrogens with zero attached hydrogens (tertiary/aromatic N) is 1. The zero-order valence-corrected chi connectivity index (χ0v) is 17.9. The number of aromatic nitrogens is 1. The summed E-state index contributed by atoms with van der Waals surface area (Å²) in [5.41, 5.74) is 4.98. The van der Waals surface area contributed by atoms with Crippen molar-refractivity contribution in [2.45, 2.75) is 45.2 Å². The first-order valence-corrected chi connectivity index (χ1v) is 11.0. The fraction of sp³-hybridized carbons (Fsp3) is 0.400. The van der Waals surface area contributed by atoms with Gasteiger partial charge in [0.05, 0.1) is 0 Å². The Labute approximate surface area is 178 Å². The van der Waals surface area contributed by atoms with E-state index in [9.17, 15) is 4.79 Å². The van der Waals surface area contributed by atoms with Crippen LogP contribution in [0, 0.1) is 6.92 Å². The van der Waals surface area contributed by atoms with Gasteiger partial charge in [-0.2, -0.15) is 0 Å². The summed E-state index contributed by atoms with van der Waals surface area (Å²) in [5, 5.41) is 7.46. The van der Waals surface area contributed by atoms with Gasteiger partial charge in [0, 0.05) is 48.3 Å². The number of hydrogen-bond donors (Lipinski definition) is 3. The second kappa shape index (κ2) is 9.35. The number of carbonyl (C=O) groups excluding carboxylic acids is 1. The summed E-state index contributed by atoms with van der Waals surface area (Å²) in [6, 6.07) is 19.6. The highest BCUT2D eigenvalue weighted by Gasteiger charge is 2.24. The first kappa shape index (κ1) is 20.5. The number of urea groups is 1. The first-order valence-electron chi connectivity index (χ1n) is 11.0. The minimum absolute atomic E-state index is 0.0537. The summed E-state index contributed by atoms with van der Waals surface area (Å²) in [6.07, 6.45) is 2.81. The average Bonchev–Trinajstić information content (AvgIpc) is 3.09. The van der Waals surface area contributed by atoms with Crippen molar-refractivity contribution >= 4 is 16.9 Å². The summed E-state index contributed by atoms with van der Waals surface area (Å²) >= 11 is 0. The number of hydrogen-bond acceptors (Lipinski definition) is 2. The molecule has 0 saturated carbocycles.